The summed E-state index contributed by atoms with van der Waals surface area (Å²) in [4.78, 5) is 43.9. The molecule has 2 aromatic heterocycles. The number of benzene rings is 1. The number of nitrogens with two attached hydrogens (primary N) is 1. The molecular weight excluding hydrogens is 428 g/mol. The second kappa shape index (κ2) is 9.62. The summed E-state index contributed by atoms with van der Waals surface area (Å²) in [5.41, 5.74) is 7.77. The zero-order valence-corrected chi connectivity index (χ0v) is 19.3. The van der Waals surface area contributed by atoms with Gasteiger partial charge in [-0.1, -0.05) is 20.8 Å². The van der Waals surface area contributed by atoms with Crippen molar-refractivity contribution in [2.45, 2.75) is 46.5 Å². The molecule has 0 radical (unpaired) electrons. The summed E-state index contributed by atoms with van der Waals surface area (Å²) in [6.45, 7) is 6.67. The van der Waals surface area contributed by atoms with Crippen LogP contribution in [0.4, 0.5) is 5.13 Å². The van der Waals surface area contributed by atoms with Crippen molar-refractivity contribution in [2.24, 2.45) is 11.1 Å². The van der Waals surface area contributed by atoms with Crippen molar-refractivity contribution in [2.75, 3.05) is 11.9 Å². The summed E-state index contributed by atoms with van der Waals surface area (Å²) in [6.07, 6.45) is 2.29. The van der Waals surface area contributed by atoms with E-state index >= 15 is 0 Å². The highest BCUT2D eigenvalue weighted by Gasteiger charge is 2.20. The predicted molar refractivity (Wildman–Crippen MR) is 126 cm³/mol. The molecule has 0 atom stereocenters. The van der Waals surface area contributed by atoms with Gasteiger partial charge in [0, 0.05) is 28.3 Å². The van der Waals surface area contributed by atoms with Crippen LogP contribution in [0, 0.1) is 5.41 Å². The first-order valence-electron chi connectivity index (χ1n) is 10.5. The van der Waals surface area contributed by atoms with Crippen LogP contribution >= 0.6 is 11.3 Å². The van der Waals surface area contributed by atoms with Gasteiger partial charge < -0.3 is 15.8 Å². The van der Waals surface area contributed by atoms with Crippen LogP contribution in [0.5, 0.6) is 0 Å². The topological polar surface area (TPSA) is 138 Å². The van der Waals surface area contributed by atoms with Crippen LogP contribution in [0.15, 0.2) is 23.6 Å². The Morgan fingerprint density at radius 2 is 2.00 bits per heavy atom. The number of nitrogens with zero attached hydrogens (tertiary/aromatic N) is 1. The first-order chi connectivity index (χ1) is 15.1. The molecule has 5 N–H and O–H groups in total. The van der Waals surface area contributed by atoms with Crippen LogP contribution in [0.1, 0.15) is 76.9 Å². The molecule has 9 heteroatoms. The fourth-order valence-electron chi connectivity index (χ4n) is 3.36. The lowest BCUT2D eigenvalue weighted by molar-refractivity contribution is 0.0690. The predicted octanol–water partition coefficient (Wildman–Crippen LogP) is 4.48. The first kappa shape index (κ1) is 23.6. The smallest absolute Gasteiger partial charge is 0.352 e. The van der Waals surface area contributed by atoms with E-state index in [2.05, 4.69) is 36.1 Å². The van der Waals surface area contributed by atoms with E-state index in [4.69, 9.17) is 5.73 Å². The van der Waals surface area contributed by atoms with Crippen LogP contribution in [-0.2, 0) is 6.42 Å². The van der Waals surface area contributed by atoms with Gasteiger partial charge in [-0.25, -0.2) is 9.78 Å². The number of carbonyl (C=O) groups excluding carboxylic acids is 2. The van der Waals surface area contributed by atoms with Gasteiger partial charge in [-0.15, -0.1) is 11.3 Å². The molecule has 0 saturated carbocycles. The molecule has 32 heavy (non-hydrogen) atoms. The second-order valence-corrected chi connectivity index (χ2v) is 9.77. The largest absolute Gasteiger partial charge is 0.477 e. The molecule has 0 aliphatic carbocycles. The summed E-state index contributed by atoms with van der Waals surface area (Å²) in [5, 5.41) is 14.9. The van der Waals surface area contributed by atoms with Crippen molar-refractivity contribution in [1.82, 2.24) is 9.97 Å². The number of aromatic carboxylic acids is 1. The minimum atomic E-state index is -1.05. The van der Waals surface area contributed by atoms with Gasteiger partial charge in [0.05, 0.1) is 0 Å². The minimum absolute atomic E-state index is 0.0452. The Bertz CT molecular complexity index is 1160. The van der Waals surface area contributed by atoms with Crippen LogP contribution in [-0.4, -0.2) is 39.3 Å². The SMILES string of the molecule is CC(C)(C)CCC(=O)c1csc(NC(=O)c2ccc3[nH]c(C(=O)O)c(CCCN)c3c2)n1. The number of thiazole rings is 1. The number of fused-ring (bicyclic) bond motifs is 1. The van der Waals surface area contributed by atoms with Gasteiger partial charge in [0.1, 0.15) is 11.4 Å². The fraction of sp³-hybridized carbons (Fsp3) is 0.391. The first-order valence-corrected chi connectivity index (χ1v) is 11.3. The Morgan fingerprint density at radius 1 is 1.25 bits per heavy atom. The third kappa shape index (κ3) is 5.60. The molecule has 0 spiro atoms. The second-order valence-electron chi connectivity index (χ2n) is 8.91. The van der Waals surface area contributed by atoms with Crippen LogP contribution < -0.4 is 11.1 Å². The van der Waals surface area contributed by atoms with Crippen molar-refractivity contribution in [3.05, 3.63) is 46.1 Å². The summed E-state index contributed by atoms with van der Waals surface area (Å²) in [6, 6.07) is 4.98. The van der Waals surface area contributed by atoms with E-state index in [9.17, 15) is 19.5 Å². The quantitative estimate of drug-likeness (QED) is 0.350. The number of ketones is 1. The van der Waals surface area contributed by atoms with Crippen LogP contribution in [0.2, 0.25) is 0 Å². The molecule has 3 rings (SSSR count). The Balaban J connectivity index is 1.78. The third-order valence-electron chi connectivity index (χ3n) is 5.13. The number of anilines is 1. The molecule has 3 aromatic rings. The molecule has 170 valence electrons. The van der Waals surface area contributed by atoms with E-state index in [0.717, 1.165) is 6.42 Å². The lowest BCUT2D eigenvalue weighted by atomic mass is 9.89. The normalized spacial score (nSPS) is 11.6. The van der Waals surface area contributed by atoms with Crippen molar-refractivity contribution in [3.8, 4) is 0 Å². The highest BCUT2D eigenvalue weighted by Crippen LogP contribution is 2.27. The summed E-state index contributed by atoms with van der Waals surface area (Å²) >= 11 is 1.20. The minimum Gasteiger partial charge on any atom is -0.477 e. The molecule has 1 amide bonds. The number of aromatic nitrogens is 2. The zero-order valence-electron chi connectivity index (χ0n) is 18.4. The number of rotatable bonds is 9. The van der Waals surface area contributed by atoms with E-state index in [1.54, 1.807) is 23.6 Å². The molecule has 1 aromatic carbocycles. The number of Topliss-reactive ketones (excluding diaryl/α,β-unsaturated/α-hetero) is 1. The van der Waals surface area contributed by atoms with E-state index in [1.807, 2.05) is 0 Å². The molecule has 0 bridgehead atoms. The standard InChI is InChI=1S/C23H28N4O4S/c1-23(2,3)9-8-18(28)17-12-32-22(26-17)27-20(29)13-6-7-16-15(11-13)14(5-4-10-24)19(25-16)21(30)31/h6-7,11-12,25H,4-5,8-10,24H2,1-3H3,(H,30,31)(H,26,27,29). The molecular formula is C23H28N4O4S. The van der Waals surface area contributed by atoms with Crippen LogP contribution in [0.25, 0.3) is 10.9 Å². The number of hydrogen-bond acceptors (Lipinski definition) is 6. The van der Waals surface area contributed by atoms with Gasteiger partial charge in [0.15, 0.2) is 10.9 Å². The highest BCUT2D eigenvalue weighted by atomic mass is 32.1. The third-order valence-corrected chi connectivity index (χ3v) is 5.88. The number of carboxylic acids is 1. The number of aryl methyl sites for hydroxylation is 1. The maximum absolute atomic E-state index is 12.8. The molecule has 0 aliphatic rings. The molecule has 2 heterocycles. The van der Waals surface area contributed by atoms with E-state index in [0.29, 0.717) is 58.7 Å². The number of carboxylic acid groups (broad SMARTS) is 1. The molecule has 0 unspecified atom stereocenters. The van der Waals surface area contributed by atoms with E-state index < -0.39 is 5.97 Å². The number of amides is 1. The zero-order chi connectivity index (χ0) is 23.5. The number of nitrogens with one attached hydrogen (secondary N) is 2. The fourth-order valence-corrected chi connectivity index (χ4v) is 4.07. The molecule has 0 aliphatic heterocycles. The van der Waals surface area contributed by atoms with Gasteiger partial charge in [0.25, 0.3) is 5.91 Å². The maximum atomic E-state index is 12.8. The number of carbonyl (C=O) groups is 3. The van der Waals surface area contributed by atoms with Crippen molar-refractivity contribution in [3.63, 3.8) is 0 Å². The van der Waals surface area contributed by atoms with Gasteiger partial charge in [-0.3, -0.25) is 14.9 Å². The lowest BCUT2D eigenvalue weighted by Crippen LogP contribution is -2.12. The number of aromatic amines is 1. The Kier molecular flexibility index (Phi) is 7.10. The summed E-state index contributed by atoms with van der Waals surface area (Å²) < 4.78 is 0. The average Bonchev–Trinajstić information content (AvgIpc) is 3.34. The van der Waals surface area contributed by atoms with Crippen molar-refractivity contribution in [1.29, 1.82) is 0 Å². The van der Waals surface area contributed by atoms with E-state index in [1.165, 1.54) is 11.3 Å². The summed E-state index contributed by atoms with van der Waals surface area (Å²) in [5.74, 6) is -1.47. The van der Waals surface area contributed by atoms with Gasteiger partial charge in [-0.2, -0.15) is 0 Å². The lowest BCUT2D eigenvalue weighted by Gasteiger charge is -2.16. The van der Waals surface area contributed by atoms with Gasteiger partial charge in [0.2, 0.25) is 0 Å². The van der Waals surface area contributed by atoms with Gasteiger partial charge >= 0.3 is 5.97 Å². The molecule has 0 fully saturated rings. The monoisotopic (exact) mass is 456 g/mol. The Hall–Kier alpha value is -3.04. The number of H-pyrrole nitrogens is 1. The van der Waals surface area contributed by atoms with Crippen molar-refractivity contribution < 1.29 is 19.5 Å². The highest BCUT2D eigenvalue weighted by molar-refractivity contribution is 7.14. The van der Waals surface area contributed by atoms with Crippen molar-refractivity contribution >= 4 is 45.0 Å². The number of hydrogen-bond donors (Lipinski definition) is 4. The maximum Gasteiger partial charge on any atom is 0.352 e. The molecule has 8 nitrogen and oxygen atoms in total. The van der Waals surface area contributed by atoms with Crippen LogP contribution in [0.3, 0.4) is 0 Å². The average molecular weight is 457 g/mol. The molecule has 0 saturated heterocycles. The summed E-state index contributed by atoms with van der Waals surface area (Å²) in [7, 11) is 0. The van der Waals surface area contributed by atoms with E-state index in [-0.39, 0.29) is 22.8 Å². The Morgan fingerprint density at radius 3 is 2.66 bits per heavy atom. The Labute approximate surface area is 190 Å². The van der Waals surface area contributed by atoms with Gasteiger partial charge in [-0.05, 0) is 55.0 Å².